The zero-order valence-electron chi connectivity index (χ0n) is 19.2. The summed E-state index contributed by atoms with van der Waals surface area (Å²) in [5.41, 5.74) is 0.960. The highest BCUT2D eigenvalue weighted by Crippen LogP contribution is 2.27. The number of methoxy groups -OCH3 is 2. The third-order valence-electron chi connectivity index (χ3n) is 5.94. The molecule has 2 heterocycles. The number of carbonyl (C=O) groups is 1. The van der Waals surface area contributed by atoms with Crippen LogP contribution >= 0.6 is 0 Å². The lowest BCUT2D eigenvalue weighted by Crippen LogP contribution is -2.41. The van der Waals surface area contributed by atoms with Gasteiger partial charge in [0.1, 0.15) is 11.6 Å². The first kappa shape index (κ1) is 23.3. The second-order valence-corrected chi connectivity index (χ2v) is 8.09. The van der Waals surface area contributed by atoms with Crippen LogP contribution in [0.25, 0.3) is 5.69 Å². The highest BCUT2D eigenvalue weighted by Gasteiger charge is 2.26. The summed E-state index contributed by atoms with van der Waals surface area (Å²) in [7, 11) is 3.16. The topological polar surface area (TPSA) is 85.7 Å². The van der Waals surface area contributed by atoms with Gasteiger partial charge in [-0.1, -0.05) is 12.1 Å². The minimum absolute atomic E-state index is 0.00660. The van der Waals surface area contributed by atoms with Gasteiger partial charge in [-0.3, -0.25) is 9.59 Å². The summed E-state index contributed by atoms with van der Waals surface area (Å²) in [6.07, 6.45) is 1.33. The Balaban J connectivity index is 1.36. The van der Waals surface area contributed by atoms with Gasteiger partial charge in [0, 0.05) is 31.6 Å². The molecule has 9 heteroatoms. The van der Waals surface area contributed by atoms with Crippen LogP contribution in [-0.4, -0.2) is 43.0 Å². The van der Waals surface area contributed by atoms with Crippen LogP contribution in [0.5, 0.6) is 11.5 Å². The second kappa shape index (κ2) is 10.4. The minimum Gasteiger partial charge on any atom is -0.493 e. The van der Waals surface area contributed by atoms with Crippen LogP contribution in [0, 0.1) is 11.7 Å². The fourth-order valence-electron chi connectivity index (χ4n) is 4.06. The van der Waals surface area contributed by atoms with Crippen molar-refractivity contribution in [1.29, 1.82) is 0 Å². The molecule has 0 atom stereocenters. The lowest BCUT2D eigenvalue weighted by atomic mass is 9.96. The molecule has 0 unspecified atom stereocenters. The van der Waals surface area contributed by atoms with Crippen LogP contribution in [0.2, 0.25) is 0 Å². The molecule has 1 N–H and O–H groups in total. The van der Waals surface area contributed by atoms with E-state index in [9.17, 15) is 14.0 Å². The lowest BCUT2D eigenvalue weighted by Gasteiger charge is -2.32. The summed E-state index contributed by atoms with van der Waals surface area (Å²) in [6, 6.07) is 14.4. The van der Waals surface area contributed by atoms with Crippen LogP contribution in [-0.2, 0) is 11.3 Å². The van der Waals surface area contributed by atoms with Crippen molar-refractivity contribution in [2.75, 3.05) is 32.2 Å². The van der Waals surface area contributed by atoms with Crippen LogP contribution in [0.1, 0.15) is 18.4 Å². The Labute approximate surface area is 196 Å². The Morgan fingerprint density at radius 1 is 1.06 bits per heavy atom. The van der Waals surface area contributed by atoms with Crippen molar-refractivity contribution in [3.05, 3.63) is 76.3 Å². The zero-order valence-corrected chi connectivity index (χ0v) is 19.2. The molecule has 1 aromatic heterocycles. The molecule has 0 spiro atoms. The van der Waals surface area contributed by atoms with E-state index >= 15 is 0 Å². The number of ether oxygens (including phenoxy) is 2. The van der Waals surface area contributed by atoms with Gasteiger partial charge >= 0.3 is 0 Å². The summed E-state index contributed by atoms with van der Waals surface area (Å²) >= 11 is 0. The molecule has 4 rings (SSSR count). The van der Waals surface area contributed by atoms with Crippen molar-refractivity contribution >= 4 is 11.7 Å². The summed E-state index contributed by atoms with van der Waals surface area (Å²) in [5, 5.41) is 7.43. The van der Waals surface area contributed by atoms with Gasteiger partial charge in [0.05, 0.1) is 19.9 Å². The number of benzene rings is 2. The smallest absolute Gasteiger partial charge is 0.271 e. The average molecular weight is 467 g/mol. The maximum atomic E-state index is 13.6. The standard InChI is InChI=1S/C25H27FN4O4/c1-33-21-7-6-17(14-22(21)34-2)16-27-25(32)18-10-12-29(13-11-18)23-8-9-24(31)30(28-23)20-5-3-4-19(26)15-20/h3-9,14-15,18H,10-13,16H2,1-2H3,(H,27,32). The van der Waals surface area contributed by atoms with Crippen molar-refractivity contribution in [3.63, 3.8) is 0 Å². The third-order valence-corrected chi connectivity index (χ3v) is 5.94. The number of nitrogens with zero attached hydrogens (tertiary/aromatic N) is 3. The van der Waals surface area contributed by atoms with E-state index in [4.69, 9.17) is 9.47 Å². The van der Waals surface area contributed by atoms with Crippen molar-refractivity contribution in [2.45, 2.75) is 19.4 Å². The summed E-state index contributed by atoms with van der Waals surface area (Å²) in [5.74, 6) is 1.35. The second-order valence-electron chi connectivity index (χ2n) is 8.09. The zero-order chi connectivity index (χ0) is 24.1. The Hall–Kier alpha value is -3.88. The van der Waals surface area contributed by atoms with E-state index < -0.39 is 5.82 Å². The van der Waals surface area contributed by atoms with Crippen LogP contribution in [0.3, 0.4) is 0 Å². The molecule has 1 fully saturated rings. The first-order valence-electron chi connectivity index (χ1n) is 11.1. The number of rotatable bonds is 7. The number of nitrogens with one attached hydrogen (secondary N) is 1. The van der Waals surface area contributed by atoms with Crippen molar-refractivity contribution in [3.8, 4) is 17.2 Å². The maximum Gasteiger partial charge on any atom is 0.271 e. The maximum absolute atomic E-state index is 13.6. The normalized spacial score (nSPS) is 14.0. The number of aromatic nitrogens is 2. The fourth-order valence-corrected chi connectivity index (χ4v) is 4.06. The van der Waals surface area contributed by atoms with E-state index in [0.29, 0.717) is 55.5 Å². The molecule has 1 aliphatic heterocycles. The number of halogens is 1. The van der Waals surface area contributed by atoms with Crippen LogP contribution < -0.4 is 25.2 Å². The summed E-state index contributed by atoms with van der Waals surface area (Å²) in [6.45, 7) is 1.66. The highest BCUT2D eigenvalue weighted by molar-refractivity contribution is 5.79. The molecule has 2 aromatic carbocycles. The average Bonchev–Trinajstić information content (AvgIpc) is 2.87. The fraction of sp³-hybridized carbons (Fsp3) is 0.320. The number of anilines is 1. The van der Waals surface area contributed by atoms with Crippen LogP contribution in [0.4, 0.5) is 10.2 Å². The van der Waals surface area contributed by atoms with E-state index in [1.54, 1.807) is 26.4 Å². The highest BCUT2D eigenvalue weighted by atomic mass is 19.1. The Morgan fingerprint density at radius 2 is 1.82 bits per heavy atom. The quantitative estimate of drug-likeness (QED) is 0.576. The van der Waals surface area contributed by atoms with Crippen molar-refractivity contribution in [1.82, 2.24) is 15.1 Å². The Bertz CT molecular complexity index is 1220. The minimum atomic E-state index is -0.434. The third kappa shape index (κ3) is 5.19. The molecule has 0 saturated carbocycles. The molecule has 0 radical (unpaired) electrons. The van der Waals surface area contributed by atoms with Gasteiger partial charge in [-0.15, -0.1) is 5.10 Å². The molecule has 0 aliphatic carbocycles. The number of amides is 1. The van der Waals surface area contributed by atoms with Gasteiger partial charge in [-0.05, 0) is 54.8 Å². The molecule has 178 valence electrons. The van der Waals surface area contributed by atoms with E-state index in [0.717, 1.165) is 5.56 Å². The number of hydrogen-bond donors (Lipinski definition) is 1. The molecule has 1 aliphatic rings. The SMILES string of the molecule is COc1ccc(CNC(=O)C2CCN(c3ccc(=O)n(-c4cccc(F)c4)n3)CC2)cc1OC. The van der Waals surface area contributed by atoms with E-state index in [-0.39, 0.29) is 17.4 Å². The molecular formula is C25H27FN4O4. The number of hydrogen-bond acceptors (Lipinski definition) is 6. The largest absolute Gasteiger partial charge is 0.493 e. The molecule has 1 amide bonds. The first-order chi connectivity index (χ1) is 16.5. The van der Waals surface area contributed by atoms with Crippen molar-refractivity contribution in [2.24, 2.45) is 5.92 Å². The molecule has 0 bridgehead atoms. The predicted octanol–water partition coefficient (Wildman–Crippen LogP) is 2.92. The molecule has 3 aromatic rings. The van der Waals surface area contributed by atoms with Crippen molar-refractivity contribution < 1.29 is 18.7 Å². The van der Waals surface area contributed by atoms with E-state index in [1.165, 1.54) is 28.9 Å². The summed E-state index contributed by atoms with van der Waals surface area (Å²) < 4.78 is 25.4. The van der Waals surface area contributed by atoms with Gasteiger partial charge in [0.2, 0.25) is 5.91 Å². The van der Waals surface area contributed by atoms with Gasteiger partial charge in [-0.25, -0.2) is 4.39 Å². The molecule has 1 saturated heterocycles. The molecular weight excluding hydrogens is 439 g/mol. The Morgan fingerprint density at radius 3 is 2.53 bits per heavy atom. The van der Waals surface area contributed by atoms with Gasteiger partial charge in [0.15, 0.2) is 11.5 Å². The van der Waals surface area contributed by atoms with Crippen LogP contribution in [0.15, 0.2) is 59.4 Å². The monoisotopic (exact) mass is 466 g/mol. The van der Waals surface area contributed by atoms with E-state index in [2.05, 4.69) is 10.4 Å². The van der Waals surface area contributed by atoms with Gasteiger partial charge < -0.3 is 19.7 Å². The lowest BCUT2D eigenvalue weighted by molar-refractivity contribution is -0.125. The summed E-state index contributed by atoms with van der Waals surface area (Å²) in [4.78, 5) is 27.0. The predicted molar refractivity (Wildman–Crippen MR) is 126 cm³/mol. The van der Waals surface area contributed by atoms with Gasteiger partial charge in [0.25, 0.3) is 5.56 Å². The molecule has 34 heavy (non-hydrogen) atoms. The van der Waals surface area contributed by atoms with Gasteiger partial charge in [-0.2, -0.15) is 4.68 Å². The number of piperidine rings is 1. The molecule has 8 nitrogen and oxygen atoms in total. The van der Waals surface area contributed by atoms with E-state index in [1.807, 2.05) is 23.1 Å². The first-order valence-corrected chi connectivity index (χ1v) is 11.1. The Kier molecular flexibility index (Phi) is 7.10. The number of carbonyl (C=O) groups excluding carboxylic acids is 1.